The summed E-state index contributed by atoms with van der Waals surface area (Å²) in [6.07, 6.45) is 1.25. The summed E-state index contributed by atoms with van der Waals surface area (Å²) in [5, 5.41) is 3.20. The van der Waals surface area contributed by atoms with Crippen molar-refractivity contribution in [1.82, 2.24) is 5.32 Å². The number of hydrogen-bond acceptors (Lipinski definition) is 4. The van der Waals surface area contributed by atoms with Gasteiger partial charge >= 0.3 is 6.03 Å². The Labute approximate surface area is 208 Å². The average Bonchev–Trinajstić information content (AvgIpc) is 2.78. The number of imide groups is 2. The Bertz CT molecular complexity index is 1360. The SMILES string of the molecule is O=C1NC(=O)N(c2ccccc2F)C(=O)/C1=C\c1ccc(OCc2ccc(Cl)cc2Cl)c(Cl)c1. The molecule has 0 aliphatic carbocycles. The van der Waals surface area contributed by atoms with Crippen LogP contribution >= 0.6 is 34.8 Å². The molecule has 3 aromatic rings. The zero-order valence-electron chi connectivity index (χ0n) is 17.2. The van der Waals surface area contributed by atoms with Crippen LogP contribution in [-0.4, -0.2) is 17.8 Å². The Kier molecular flexibility index (Phi) is 6.88. The van der Waals surface area contributed by atoms with Crippen LogP contribution in [0.1, 0.15) is 11.1 Å². The molecule has 1 aliphatic heterocycles. The fourth-order valence-corrected chi connectivity index (χ4v) is 3.90. The van der Waals surface area contributed by atoms with Crippen molar-refractivity contribution in [2.24, 2.45) is 0 Å². The van der Waals surface area contributed by atoms with Gasteiger partial charge in [0.2, 0.25) is 0 Å². The lowest BCUT2D eigenvalue weighted by molar-refractivity contribution is -0.122. The zero-order chi connectivity index (χ0) is 24.4. The highest BCUT2D eigenvalue weighted by Gasteiger charge is 2.37. The molecule has 172 valence electrons. The van der Waals surface area contributed by atoms with Crippen molar-refractivity contribution in [3.63, 3.8) is 0 Å². The predicted octanol–water partition coefficient (Wildman–Crippen LogP) is 6.03. The number of carbonyl (C=O) groups excluding carboxylic acids is 3. The van der Waals surface area contributed by atoms with Crippen molar-refractivity contribution < 1.29 is 23.5 Å². The van der Waals surface area contributed by atoms with Crippen LogP contribution in [-0.2, 0) is 16.2 Å². The number of benzene rings is 3. The zero-order valence-corrected chi connectivity index (χ0v) is 19.4. The molecule has 1 aliphatic rings. The Morgan fingerprint density at radius 1 is 0.941 bits per heavy atom. The molecule has 0 unspecified atom stereocenters. The minimum Gasteiger partial charge on any atom is -0.487 e. The minimum atomic E-state index is -1.04. The van der Waals surface area contributed by atoms with E-state index in [0.717, 1.165) is 6.07 Å². The van der Waals surface area contributed by atoms with Crippen LogP contribution in [0.4, 0.5) is 14.9 Å². The van der Waals surface area contributed by atoms with E-state index >= 15 is 0 Å². The first-order valence-corrected chi connectivity index (χ1v) is 10.9. The second-order valence-electron chi connectivity index (χ2n) is 7.12. The molecule has 1 saturated heterocycles. The van der Waals surface area contributed by atoms with E-state index in [1.807, 2.05) is 5.32 Å². The van der Waals surface area contributed by atoms with Crippen LogP contribution in [0.25, 0.3) is 6.08 Å². The number of urea groups is 1. The topological polar surface area (TPSA) is 75.7 Å². The van der Waals surface area contributed by atoms with E-state index in [1.165, 1.54) is 30.3 Å². The molecule has 34 heavy (non-hydrogen) atoms. The largest absolute Gasteiger partial charge is 0.487 e. The Balaban J connectivity index is 1.57. The Morgan fingerprint density at radius 3 is 2.41 bits per heavy atom. The maximum atomic E-state index is 14.2. The van der Waals surface area contributed by atoms with Gasteiger partial charge in [-0.2, -0.15) is 0 Å². The molecular formula is C24H14Cl3FN2O4. The molecule has 1 fully saturated rings. The van der Waals surface area contributed by atoms with Gasteiger partial charge in [-0.05, 0) is 48.0 Å². The van der Waals surface area contributed by atoms with Gasteiger partial charge < -0.3 is 4.74 Å². The maximum Gasteiger partial charge on any atom is 0.336 e. The molecule has 0 aromatic heterocycles. The maximum absolute atomic E-state index is 14.2. The summed E-state index contributed by atoms with van der Waals surface area (Å²) < 4.78 is 19.9. The van der Waals surface area contributed by atoms with Gasteiger partial charge in [-0.1, -0.05) is 59.1 Å². The lowest BCUT2D eigenvalue weighted by Crippen LogP contribution is -2.54. The molecule has 0 atom stereocenters. The van der Waals surface area contributed by atoms with Crippen molar-refractivity contribution >= 4 is 64.4 Å². The third-order valence-electron chi connectivity index (χ3n) is 4.86. The number of ether oxygens (including phenoxy) is 1. The smallest absolute Gasteiger partial charge is 0.336 e. The summed E-state index contributed by atoms with van der Waals surface area (Å²) >= 11 is 18.4. The molecular weight excluding hydrogens is 506 g/mol. The molecule has 4 amide bonds. The molecule has 0 spiro atoms. The van der Waals surface area contributed by atoms with Gasteiger partial charge in [0.15, 0.2) is 0 Å². The summed E-state index contributed by atoms with van der Waals surface area (Å²) in [7, 11) is 0. The number of rotatable bonds is 5. The van der Waals surface area contributed by atoms with Gasteiger partial charge in [0.05, 0.1) is 10.7 Å². The molecule has 0 bridgehead atoms. The van der Waals surface area contributed by atoms with Crippen molar-refractivity contribution in [1.29, 1.82) is 0 Å². The van der Waals surface area contributed by atoms with E-state index in [-0.39, 0.29) is 22.9 Å². The molecule has 3 aromatic carbocycles. The molecule has 4 rings (SSSR count). The number of nitrogens with zero attached hydrogens (tertiary/aromatic N) is 1. The number of halogens is 4. The highest BCUT2D eigenvalue weighted by atomic mass is 35.5. The number of anilines is 1. The number of hydrogen-bond donors (Lipinski definition) is 1. The molecule has 6 nitrogen and oxygen atoms in total. The van der Waals surface area contributed by atoms with Crippen LogP contribution in [0.5, 0.6) is 5.75 Å². The molecule has 0 saturated carbocycles. The monoisotopic (exact) mass is 518 g/mol. The summed E-state index contributed by atoms with van der Waals surface area (Å²) in [4.78, 5) is 38.0. The minimum absolute atomic E-state index is 0.136. The first-order valence-electron chi connectivity index (χ1n) is 9.77. The van der Waals surface area contributed by atoms with Gasteiger partial charge in [0.25, 0.3) is 11.8 Å². The van der Waals surface area contributed by atoms with Gasteiger partial charge in [0.1, 0.15) is 23.7 Å². The fourth-order valence-electron chi connectivity index (χ4n) is 3.19. The summed E-state index contributed by atoms with van der Waals surface area (Å²) in [5.74, 6) is -2.31. The van der Waals surface area contributed by atoms with Gasteiger partial charge in [-0.25, -0.2) is 14.1 Å². The average molecular weight is 520 g/mol. The highest BCUT2D eigenvalue weighted by molar-refractivity contribution is 6.39. The second-order valence-corrected chi connectivity index (χ2v) is 8.37. The van der Waals surface area contributed by atoms with E-state index in [9.17, 15) is 18.8 Å². The van der Waals surface area contributed by atoms with E-state index in [1.54, 1.807) is 30.3 Å². The third kappa shape index (κ3) is 4.92. The fraction of sp³-hybridized carbons (Fsp3) is 0.0417. The van der Waals surface area contributed by atoms with E-state index < -0.39 is 23.7 Å². The van der Waals surface area contributed by atoms with Gasteiger partial charge in [-0.3, -0.25) is 14.9 Å². The number of nitrogens with one attached hydrogen (secondary N) is 1. The van der Waals surface area contributed by atoms with Crippen LogP contribution in [0, 0.1) is 5.82 Å². The van der Waals surface area contributed by atoms with Crippen LogP contribution in [0.3, 0.4) is 0 Å². The standard InChI is InChI=1S/C24H14Cl3FN2O4/c25-15-7-6-14(17(26)11-15)12-34-21-8-5-13(10-18(21)27)9-16-22(31)29-24(33)30(23(16)32)20-4-2-1-3-19(20)28/h1-11H,12H2,(H,29,31,33)/b16-9-. The number of carbonyl (C=O) groups is 3. The van der Waals surface area contributed by atoms with Gasteiger partial charge in [-0.15, -0.1) is 0 Å². The quantitative estimate of drug-likeness (QED) is 0.330. The number of barbiturate groups is 1. The molecule has 10 heteroatoms. The lowest BCUT2D eigenvalue weighted by Gasteiger charge is -2.26. The first-order chi connectivity index (χ1) is 16.2. The van der Waals surface area contributed by atoms with Crippen LogP contribution in [0.2, 0.25) is 15.1 Å². The number of para-hydroxylation sites is 1. The lowest BCUT2D eigenvalue weighted by atomic mass is 10.1. The molecule has 1 heterocycles. The summed E-state index contributed by atoms with van der Waals surface area (Å²) in [6, 6.07) is 13.8. The van der Waals surface area contributed by atoms with Crippen molar-refractivity contribution in [2.45, 2.75) is 6.61 Å². The number of amides is 4. The van der Waals surface area contributed by atoms with Gasteiger partial charge in [0, 0.05) is 15.6 Å². The second kappa shape index (κ2) is 9.85. The van der Waals surface area contributed by atoms with Crippen LogP contribution in [0.15, 0.2) is 66.2 Å². The van der Waals surface area contributed by atoms with Crippen molar-refractivity contribution in [3.8, 4) is 5.75 Å². The third-order valence-corrected chi connectivity index (χ3v) is 5.74. The van der Waals surface area contributed by atoms with Crippen molar-refractivity contribution in [3.05, 3.63) is 98.2 Å². The van der Waals surface area contributed by atoms with E-state index in [2.05, 4.69) is 0 Å². The Morgan fingerprint density at radius 2 is 1.71 bits per heavy atom. The summed E-state index contributed by atoms with van der Waals surface area (Å²) in [6.45, 7) is 0.136. The highest BCUT2D eigenvalue weighted by Crippen LogP contribution is 2.30. The summed E-state index contributed by atoms with van der Waals surface area (Å²) in [5.41, 5.74) is 0.463. The Hall–Kier alpha value is -3.39. The molecule has 1 N–H and O–H groups in total. The molecule has 0 radical (unpaired) electrons. The normalized spacial score (nSPS) is 15.0. The van der Waals surface area contributed by atoms with Crippen LogP contribution < -0.4 is 15.0 Å². The van der Waals surface area contributed by atoms with Crippen molar-refractivity contribution in [2.75, 3.05) is 4.90 Å². The van der Waals surface area contributed by atoms with E-state index in [0.29, 0.717) is 31.8 Å². The predicted molar refractivity (Wildman–Crippen MR) is 128 cm³/mol. The first kappa shape index (κ1) is 23.8. The van der Waals surface area contributed by atoms with E-state index in [4.69, 9.17) is 39.5 Å².